The van der Waals surface area contributed by atoms with Gasteiger partial charge in [0.2, 0.25) is 0 Å². The number of hydrogen-bond acceptors (Lipinski definition) is 2. The van der Waals surface area contributed by atoms with Gasteiger partial charge < -0.3 is 10.5 Å². The minimum Gasteiger partial charge on any atom is -0.406 e. The van der Waals surface area contributed by atoms with Crippen LogP contribution in [0.4, 0.5) is 13.2 Å². The molecular formula is C11H11BrF3NO. The quantitative estimate of drug-likeness (QED) is 0.922. The van der Waals surface area contributed by atoms with E-state index in [4.69, 9.17) is 5.73 Å². The van der Waals surface area contributed by atoms with Gasteiger partial charge in [-0.1, -0.05) is 15.9 Å². The van der Waals surface area contributed by atoms with Crippen molar-refractivity contribution in [2.45, 2.75) is 25.2 Å². The molecule has 0 radical (unpaired) electrons. The Morgan fingerprint density at radius 1 is 1.29 bits per heavy atom. The van der Waals surface area contributed by atoms with Crippen LogP contribution in [-0.2, 0) is 0 Å². The fourth-order valence-electron chi connectivity index (χ4n) is 1.70. The normalized spacial score (nSPS) is 17.9. The Labute approximate surface area is 105 Å². The molecule has 1 aromatic rings. The first-order valence-corrected chi connectivity index (χ1v) is 5.96. The van der Waals surface area contributed by atoms with Crippen molar-refractivity contribution in [3.63, 3.8) is 0 Å². The molecule has 0 aromatic heterocycles. The number of halogens is 4. The van der Waals surface area contributed by atoms with E-state index in [1.165, 1.54) is 12.1 Å². The van der Waals surface area contributed by atoms with Crippen LogP contribution in [0.2, 0.25) is 0 Å². The first-order chi connectivity index (χ1) is 7.85. The van der Waals surface area contributed by atoms with Gasteiger partial charge in [-0.05, 0) is 42.5 Å². The van der Waals surface area contributed by atoms with Crippen LogP contribution in [0.1, 0.15) is 24.4 Å². The number of rotatable bonds is 3. The molecule has 6 heteroatoms. The van der Waals surface area contributed by atoms with Crippen molar-refractivity contribution in [3.8, 4) is 5.75 Å². The van der Waals surface area contributed by atoms with Gasteiger partial charge in [-0.2, -0.15) is 0 Å². The van der Waals surface area contributed by atoms with Crippen LogP contribution in [0.25, 0.3) is 0 Å². The highest BCUT2D eigenvalue weighted by Crippen LogP contribution is 2.41. The van der Waals surface area contributed by atoms with Crippen LogP contribution in [0.15, 0.2) is 22.7 Å². The molecule has 2 rings (SSSR count). The summed E-state index contributed by atoms with van der Waals surface area (Å²) < 4.78 is 40.7. The topological polar surface area (TPSA) is 35.2 Å². The first kappa shape index (κ1) is 12.7. The monoisotopic (exact) mass is 309 g/mol. The average molecular weight is 310 g/mol. The number of nitrogens with two attached hydrogens (primary N) is 1. The molecule has 1 aliphatic rings. The molecule has 94 valence electrons. The molecule has 2 nitrogen and oxygen atoms in total. The van der Waals surface area contributed by atoms with Crippen molar-refractivity contribution >= 4 is 15.9 Å². The number of ether oxygens (including phenoxy) is 1. The fourth-order valence-corrected chi connectivity index (χ4v) is 2.19. The molecule has 1 aliphatic carbocycles. The van der Waals surface area contributed by atoms with Gasteiger partial charge >= 0.3 is 6.36 Å². The summed E-state index contributed by atoms with van der Waals surface area (Å²) in [7, 11) is 0. The summed E-state index contributed by atoms with van der Waals surface area (Å²) in [6.45, 7) is 0. The van der Waals surface area contributed by atoms with E-state index in [0.717, 1.165) is 12.8 Å². The third-order valence-corrected chi connectivity index (χ3v) is 3.10. The predicted octanol–water partition coefficient (Wildman–Crippen LogP) is 3.76. The van der Waals surface area contributed by atoms with Gasteiger partial charge in [-0.25, -0.2) is 0 Å². The van der Waals surface area contributed by atoms with Crippen LogP contribution in [0.3, 0.4) is 0 Å². The van der Waals surface area contributed by atoms with E-state index in [0.29, 0.717) is 16.0 Å². The van der Waals surface area contributed by atoms with E-state index in [9.17, 15) is 13.2 Å². The van der Waals surface area contributed by atoms with Gasteiger partial charge in [0, 0.05) is 10.5 Å². The highest BCUT2D eigenvalue weighted by Gasteiger charge is 2.33. The SMILES string of the molecule is N[C@H](c1cc(Br)cc(OC(F)(F)F)c1)C1CC1. The molecular weight excluding hydrogens is 299 g/mol. The maximum atomic E-state index is 12.1. The van der Waals surface area contributed by atoms with Gasteiger partial charge in [-0.15, -0.1) is 13.2 Å². The zero-order valence-corrected chi connectivity index (χ0v) is 10.4. The van der Waals surface area contributed by atoms with E-state index < -0.39 is 6.36 Å². The molecule has 0 spiro atoms. The van der Waals surface area contributed by atoms with Crippen molar-refractivity contribution in [1.29, 1.82) is 0 Å². The Kier molecular flexibility index (Phi) is 3.36. The highest BCUT2D eigenvalue weighted by molar-refractivity contribution is 9.10. The molecule has 0 heterocycles. The van der Waals surface area contributed by atoms with Crippen LogP contribution in [0.5, 0.6) is 5.75 Å². The molecule has 1 saturated carbocycles. The molecule has 0 bridgehead atoms. The van der Waals surface area contributed by atoms with Gasteiger partial charge in [0.15, 0.2) is 0 Å². The summed E-state index contributed by atoms with van der Waals surface area (Å²) in [5.41, 5.74) is 6.61. The van der Waals surface area contributed by atoms with E-state index in [1.54, 1.807) is 6.07 Å². The third kappa shape index (κ3) is 3.61. The Morgan fingerprint density at radius 2 is 1.94 bits per heavy atom. The molecule has 1 atom stereocenters. The zero-order valence-electron chi connectivity index (χ0n) is 8.80. The summed E-state index contributed by atoms with van der Waals surface area (Å²) in [6, 6.07) is 4.13. The van der Waals surface area contributed by atoms with Gasteiger partial charge in [0.1, 0.15) is 5.75 Å². The minimum absolute atomic E-state index is 0.219. The van der Waals surface area contributed by atoms with E-state index in [2.05, 4.69) is 20.7 Å². The van der Waals surface area contributed by atoms with Crippen LogP contribution < -0.4 is 10.5 Å². The predicted molar refractivity (Wildman–Crippen MR) is 60.5 cm³/mol. The van der Waals surface area contributed by atoms with Crippen molar-refractivity contribution in [1.82, 2.24) is 0 Å². The fraction of sp³-hybridized carbons (Fsp3) is 0.455. The summed E-state index contributed by atoms with van der Waals surface area (Å²) in [6.07, 6.45) is -2.62. The molecule has 0 amide bonds. The second kappa shape index (κ2) is 4.49. The van der Waals surface area contributed by atoms with E-state index in [-0.39, 0.29) is 11.8 Å². The molecule has 1 aromatic carbocycles. The molecule has 0 aliphatic heterocycles. The maximum absolute atomic E-state index is 12.1. The molecule has 1 fully saturated rings. The van der Waals surface area contributed by atoms with Crippen LogP contribution in [-0.4, -0.2) is 6.36 Å². The van der Waals surface area contributed by atoms with Gasteiger partial charge in [-0.3, -0.25) is 0 Å². The summed E-state index contributed by atoms with van der Waals surface area (Å²) in [4.78, 5) is 0. The summed E-state index contributed by atoms with van der Waals surface area (Å²) >= 11 is 3.16. The maximum Gasteiger partial charge on any atom is 0.573 e. The Balaban J connectivity index is 2.22. The first-order valence-electron chi connectivity index (χ1n) is 5.17. The van der Waals surface area contributed by atoms with Crippen molar-refractivity contribution in [2.24, 2.45) is 11.7 Å². The van der Waals surface area contributed by atoms with Crippen molar-refractivity contribution < 1.29 is 17.9 Å². The lowest BCUT2D eigenvalue weighted by Crippen LogP contribution is -2.18. The van der Waals surface area contributed by atoms with E-state index >= 15 is 0 Å². The number of benzene rings is 1. The lowest BCUT2D eigenvalue weighted by Gasteiger charge is -2.14. The number of alkyl halides is 3. The van der Waals surface area contributed by atoms with E-state index in [1.807, 2.05) is 0 Å². The molecule has 0 unspecified atom stereocenters. The lowest BCUT2D eigenvalue weighted by molar-refractivity contribution is -0.274. The molecule has 17 heavy (non-hydrogen) atoms. The lowest BCUT2D eigenvalue weighted by atomic mass is 10.0. The average Bonchev–Trinajstić information content (AvgIpc) is 2.95. The largest absolute Gasteiger partial charge is 0.573 e. The van der Waals surface area contributed by atoms with Crippen LogP contribution in [0, 0.1) is 5.92 Å². The second-order valence-electron chi connectivity index (χ2n) is 4.13. The third-order valence-electron chi connectivity index (χ3n) is 2.64. The van der Waals surface area contributed by atoms with Crippen LogP contribution >= 0.6 is 15.9 Å². The van der Waals surface area contributed by atoms with Crippen molar-refractivity contribution in [3.05, 3.63) is 28.2 Å². The Morgan fingerprint density at radius 3 is 2.47 bits per heavy atom. The van der Waals surface area contributed by atoms with Gasteiger partial charge in [0.05, 0.1) is 0 Å². The Hall–Kier alpha value is -0.750. The van der Waals surface area contributed by atoms with Crippen molar-refractivity contribution in [2.75, 3.05) is 0 Å². The van der Waals surface area contributed by atoms with Gasteiger partial charge in [0.25, 0.3) is 0 Å². The molecule has 0 saturated heterocycles. The standard InChI is InChI=1S/C11H11BrF3NO/c12-8-3-7(10(16)6-1-2-6)4-9(5-8)17-11(13,14)15/h3-6,10H,1-2,16H2/t10-/m0/s1. The highest BCUT2D eigenvalue weighted by atomic mass is 79.9. The number of hydrogen-bond donors (Lipinski definition) is 1. The smallest absolute Gasteiger partial charge is 0.406 e. The summed E-state index contributed by atoms with van der Waals surface area (Å²) in [5, 5.41) is 0. The summed E-state index contributed by atoms with van der Waals surface area (Å²) in [5.74, 6) is 0.140. The zero-order chi connectivity index (χ0) is 12.6. The minimum atomic E-state index is -4.68. The second-order valence-corrected chi connectivity index (χ2v) is 5.05. The Bertz CT molecular complexity index is 418. The molecule has 2 N–H and O–H groups in total.